The molecule has 0 N–H and O–H groups in total. The van der Waals surface area contributed by atoms with Gasteiger partial charge in [-0.05, 0) is 23.8 Å². The molecule has 0 bridgehead atoms. The lowest BCUT2D eigenvalue weighted by Gasteiger charge is -2.12. The van der Waals surface area contributed by atoms with Crippen LogP contribution >= 0.6 is 0 Å². The van der Waals surface area contributed by atoms with E-state index in [-0.39, 0.29) is 36.0 Å². The molecule has 0 fully saturated rings. The van der Waals surface area contributed by atoms with Crippen LogP contribution in [0.4, 0.5) is 17.6 Å². The Kier molecular flexibility index (Phi) is 4.96. The van der Waals surface area contributed by atoms with E-state index in [2.05, 4.69) is 4.98 Å². The third-order valence-corrected chi connectivity index (χ3v) is 4.46. The number of rotatable bonds is 5. The van der Waals surface area contributed by atoms with E-state index in [1.807, 2.05) is 0 Å². The lowest BCUT2D eigenvalue weighted by atomic mass is 10.0. The monoisotopic (exact) mass is 406 g/mol. The molecule has 9 heteroatoms. The molecule has 0 spiro atoms. The average Bonchev–Trinajstić information content (AvgIpc) is 3.11. The van der Waals surface area contributed by atoms with Crippen molar-refractivity contribution in [2.75, 3.05) is 6.61 Å². The summed E-state index contributed by atoms with van der Waals surface area (Å²) in [7, 11) is 0. The predicted octanol–water partition coefficient (Wildman–Crippen LogP) is 3.64. The van der Waals surface area contributed by atoms with E-state index in [0.717, 1.165) is 12.1 Å². The number of nitrogens with zero attached hydrogens (tertiary/aromatic N) is 2. The highest BCUT2D eigenvalue weighted by Crippen LogP contribution is 2.28. The number of fused-ring (bicyclic) bond motifs is 1. The molecule has 1 aromatic heterocycles. The Bertz CT molecular complexity index is 1120. The summed E-state index contributed by atoms with van der Waals surface area (Å²) < 4.78 is 66.3. The summed E-state index contributed by atoms with van der Waals surface area (Å²) in [6.07, 6.45) is -0.482. The highest BCUT2D eigenvalue weighted by Gasteiger charge is 2.26. The van der Waals surface area contributed by atoms with Crippen LogP contribution in [-0.2, 0) is 13.2 Å². The summed E-state index contributed by atoms with van der Waals surface area (Å²) in [6, 6.07) is 8.53. The van der Waals surface area contributed by atoms with Gasteiger partial charge in [-0.25, -0.2) is 17.6 Å². The van der Waals surface area contributed by atoms with E-state index >= 15 is 0 Å². The maximum atomic E-state index is 13.9. The number of halogens is 4. The molecular formula is C20H14F4N2O3. The molecule has 150 valence electrons. The second-order valence-corrected chi connectivity index (χ2v) is 6.44. The molecule has 3 aromatic rings. The molecule has 0 saturated carbocycles. The molecule has 2 heterocycles. The summed E-state index contributed by atoms with van der Waals surface area (Å²) in [4.78, 5) is 15.1. The minimum atomic E-state index is -1.27. The normalized spacial score (nSPS) is 15.1. The van der Waals surface area contributed by atoms with Gasteiger partial charge in [-0.2, -0.15) is 4.98 Å². The molecule has 0 amide bonds. The van der Waals surface area contributed by atoms with Gasteiger partial charge in [0.25, 0.3) is 5.56 Å². The van der Waals surface area contributed by atoms with Crippen LogP contribution in [0.1, 0.15) is 5.69 Å². The van der Waals surface area contributed by atoms with Gasteiger partial charge in [0.05, 0.1) is 12.2 Å². The van der Waals surface area contributed by atoms with Crippen LogP contribution in [0.3, 0.4) is 0 Å². The van der Waals surface area contributed by atoms with Crippen molar-refractivity contribution in [3.63, 3.8) is 0 Å². The van der Waals surface area contributed by atoms with Gasteiger partial charge in [-0.1, -0.05) is 12.1 Å². The van der Waals surface area contributed by atoms with Gasteiger partial charge >= 0.3 is 6.01 Å². The van der Waals surface area contributed by atoms with Gasteiger partial charge in [-0.15, -0.1) is 0 Å². The topological polar surface area (TPSA) is 53.4 Å². The minimum absolute atomic E-state index is 0.0395. The zero-order chi connectivity index (χ0) is 20.5. The summed E-state index contributed by atoms with van der Waals surface area (Å²) in [5, 5.41) is 0. The summed E-state index contributed by atoms with van der Waals surface area (Å²) in [5.41, 5.74) is -0.315. The van der Waals surface area contributed by atoms with Gasteiger partial charge in [0.15, 0.2) is 17.7 Å². The molecule has 0 aliphatic carbocycles. The Hall–Kier alpha value is -3.36. The molecule has 2 aromatic carbocycles. The van der Waals surface area contributed by atoms with Gasteiger partial charge < -0.3 is 9.47 Å². The SMILES string of the molecule is O=c1cc(CF)n2c(n1)O[C@H](COc1ccc(-c3cc(F)cc(F)c3F)cc1)C2. The molecule has 0 saturated heterocycles. The first-order valence-electron chi connectivity index (χ1n) is 8.66. The maximum absolute atomic E-state index is 13.9. The summed E-state index contributed by atoms with van der Waals surface area (Å²) >= 11 is 0. The number of hydrogen-bond donors (Lipinski definition) is 0. The van der Waals surface area contributed by atoms with Crippen LogP contribution in [-0.4, -0.2) is 22.3 Å². The number of benzene rings is 2. The van der Waals surface area contributed by atoms with E-state index in [1.165, 1.54) is 28.8 Å². The van der Waals surface area contributed by atoms with Crippen LogP contribution in [0.2, 0.25) is 0 Å². The van der Waals surface area contributed by atoms with E-state index in [4.69, 9.17) is 9.47 Å². The standard InChI is InChI=1S/C20H14F4N2O3/c21-8-13-7-18(27)25-20-26(13)9-15(29-20)10-28-14-3-1-11(2-4-14)16-5-12(22)6-17(23)19(16)24/h1-7,15H,8-10H2/t15-/m0/s1. The fourth-order valence-electron chi connectivity index (χ4n) is 3.09. The van der Waals surface area contributed by atoms with Crippen molar-refractivity contribution in [2.45, 2.75) is 19.3 Å². The maximum Gasteiger partial charge on any atom is 0.300 e. The fraction of sp³-hybridized carbons (Fsp3) is 0.200. The number of ether oxygens (including phenoxy) is 2. The molecule has 0 radical (unpaired) electrons. The molecule has 29 heavy (non-hydrogen) atoms. The van der Waals surface area contributed by atoms with Gasteiger partial charge in [0.2, 0.25) is 0 Å². The predicted molar refractivity (Wildman–Crippen MR) is 95.0 cm³/mol. The van der Waals surface area contributed by atoms with Gasteiger partial charge in [0, 0.05) is 17.7 Å². The second kappa shape index (κ2) is 7.57. The first-order valence-corrected chi connectivity index (χ1v) is 8.66. The summed E-state index contributed by atoms with van der Waals surface area (Å²) in [5.74, 6) is -2.86. The molecule has 0 unspecified atom stereocenters. The van der Waals surface area contributed by atoms with E-state index in [0.29, 0.717) is 11.8 Å². The first-order chi connectivity index (χ1) is 13.9. The lowest BCUT2D eigenvalue weighted by Crippen LogP contribution is -2.23. The Morgan fingerprint density at radius 2 is 1.90 bits per heavy atom. The summed E-state index contributed by atoms with van der Waals surface area (Å²) in [6.45, 7) is -0.459. The third kappa shape index (κ3) is 3.80. The number of alkyl halides is 1. The van der Waals surface area contributed by atoms with Crippen molar-refractivity contribution in [2.24, 2.45) is 0 Å². The second-order valence-electron chi connectivity index (χ2n) is 6.44. The van der Waals surface area contributed by atoms with Gasteiger partial charge in [-0.3, -0.25) is 9.36 Å². The molecule has 1 aliphatic heterocycles. The highest BCUT2D eigenvalue weighted by molar-refractivity contribution is 5.65. The lowest BCUT2D eigenvalue weighted by molar-refractivity contribution is 0.143. The van der Waals surface area contributed by atoms with Crippen LogP contribution in [0.5, 0.6) is 11.8 Å². The van der Waals surface area contributed by atoms with Gasteiger partial charge in [0.1, 0.15) is 24.8 Å². The largest absolute Gasteiger partial charge is 0.490 e. The molecule has 1 atom stereocenters. The van der Waals surface area contributed by atoms with Crippen LogP contribution in [0.15, 0.2) is 47.3 Å². The van der Waals surface area contributed by atoms with Crippen molar-refractivity contribution in [3.05, 3.63) is 76.0 Å². The average molecular weight is 406 g/mol. The van der Waals surface area contributed by atoms with Crippen molar-refractivity contribution in [1.29, 1.82) is 0 Å². The Labute approximate surface area is 162 Å². The van der Waals surface area contributed by atoms with Crippen molar-refractivity contribution < 1.29 is 27.0 Å². The Morgan fingerprint density at radius 1 is 1.14 bits per heavy atom. The smallest absolute Gasteiger partial charge is 0.300 e. The first kappa shape index (κ1) is 19.0. The van der Waals surface area contributed by atoms with Crippen molar-refractivity contribution in [1.82, 2.24) is 9.55 Å². The molecule has 1 aliphatic rings. The van der Waals surface area contributed by atoms with E-state index in [9.17, 15) is 22.4 Å². The Morgan fingerprint density at radius 3 is 2.62 bits per heavy atom. The third-order valence-electron chi connectivity index (χ3n) is 4.46. The Balaban J connectivity index is 1.44. The number of aromatic nitrogens is 2. The van der Waals surface area contributed by atoms with Crippen LogP contribution in [0.25, 0.3) is 11.1 Å². The quantitative estimate of drug-likeness (QED) is 0.480. The zero-order valence-electron chi connectivity index (χ0n) is 14.9. The van der Waals surface area contributed by atoms with Crippen LogP contribution < -0.4 is 15.0 Å². The minimum Gasteiger partial charge on any atom is -0.490 e. The molecular weight excluding hydrogens is 392 g/mol. The van der Waals surface area contributed by atoms with E-state index < -0.39 is 35.8 Å². The van der Waals surface area contributed by atoms with E-state index in [1.54, 1.807) is 0 Å². The fourth-order valence-corrected chi connectivity index (χ4v) is 3.09. The van der Waals surface area contributed by atoms with Crippen molar-refractivity contribution in [3.8, 4) is 22.9 Å². The highest BCUT2D eigenvalue weighted by atomic mass is 19.2. The molecule has 5 nitrogen and oxygen atoms in total. The van der Waals surface area contributed by atoms with Crippen LogP contribution in [0, 0.1) is 17.5 Å². The number of hydrogen-bond acceptors (Lipinski definition) is 4. The molecule has 4 rings (SSSR count). The van der Waals surface area contributed by atoms with Crippen molar-refractivity contribution >= 4 is 0 Å². The zero-order valence-corrected chi connectivity index (χ0v) is 14.9.